The van der Waals surface area contributed by atoms with E-state index in [1.54, 1.807) is 9.47 Å². The predicted octanol–water partition coefficient (Wildman–Crippen LogP) is 3.83. The van der Waals surface area contributed by atoms with Crippen LogP contribution < -0.4 is 10.3 Å². The number of hydrogen-bond acceptors (Lipinski definition) is 4. The van der Waals surface area contributed by atoms with Crippen LogP contribution in [-0.4, -0.2) is 59.6 Å². The van der Waals surface area contributed by atoms with Gasteiger partial charge in [-0.2, -0.15) is 0 Å². The van der Waals surface area contributed by atoms with Crippen molar-refractivity contribution in [1.29, 1.82) is 0 Å². The molecular weight excluding hydrogens is 438 g/mol. The van der Waals surface area contributed by atoms with E-state index in [9.17, 15) is 9.59 Å². The zero-order chi connectivity index (χ0) is 24.5. The number of ether oxygens (including phenoxy) is 1. The molecular formula is C29H31N3O3. The Labute approximate surface area is 206 Å². The minimum atomic E-state index is -0.0967. The summed E-state index contributed by atoms with van der Waals surface area (Å²) >= 11 is 0. The molecule has 0 saturated carbocycles. The van der Waals surface area contributed by atoms with Gasteiger partial charge in [0, 0.05) is 51.1 Å². The van der Waals surface area contributed by atoms with Crippen molar-refractivity contribution in [2.45, 2.75) is 19.4 Å². The van der Waals surface area contributed by atoms with Crippen LogP contribution >= 0.6 is 0 Å². The van der Waals surface area contributed by atoms with Crippen LogP contribution in [0.25, 0.3) is 28.3 Å². The number of piperazine rings is 1. The van der Waals surface area contributed by atoms with E-state index < -0.39 is 0 Å². The molecule has 6 nitrogen and oxygen atoms in total. The number of aromatic nitrogens is 1. The van der Waals surface area contributed by atoms with Gasteiger partial charge in [-0.05, 0) is 47.7 Å². The molecule has 3 aromatic rings. The van der Waals surface area contributed by atoms with E-state index >= 15 is 0 Å². The Morgan fingerprint density at radius 1 is 0.914 bits per heavy atom. The van der Waals surface area contributed by atoms with Crippen LogP contribution in [0.5, 0.6) is 5.75 Å². The summed E-state index contributed by atoms with van der Waals surface area (Å²) in [6.07, 6.45) is 6.74. The van der Waals surface area contributed by atoms with E-state index in [4.69, 9.17) is 4.74 Å². The molecule has 0 unspecified atom stereocenters. The van der Waals surface area contributed by atoms with Crippen LogP contribution in [0.4, 0.5) is 0 Å². The standard InChI is InChI=1S/C29H31N3O3/c1-20-28(33)30(2)15-16-32(20)17-18-35-24-13-11-22(12-14-24)21-7-9-23(10-8-21)27-19-31(3)29(34)26-6-4-5-25(26)27/h4-5,7-14,19-20H,6,15-18H2,1-3H3/t20-/m1/s1. The van der Waals surface area contributed by atoms with Crippen LogP contribution in [0.1, 0.15) is 18.1 Å². The molecule has 1 fully saturated rings. The summed E-state index contributed by atoms with van der Waals surface area (Å²) in [5.41, 5.74) is 6.43. The lowest BCUT2D eigenvalue weighted by Gasteiger charge is -2.37. The molecule has 0 N–H and O–H groups in total. The first-order valence-corrected chi connectivity index (χ1v) is 12.1. The average molecular weight is 470 g/mol. The Morgan fingerprint density at radius 2 is 1.57 bits per heavy atom. The molecule has 0 spiro atoms. The molecule has 1 amide bonds. The number of likely N-dealkylation sites (N-methyl/N-ethyl adjacent to an activating group) is 1. The molecule has 2 heterocycles. The third-order valence-corrected chi connectivity index (χ3v) is 7.16. The van der Waals surface area contributed by atoms with E-state index in [1.807, 2.05) is 39.3 Å². The minimum absolute atomic E-state index is 0.0826. The highest BCUT2D eigenvalue weighted by Gasteiger charge is 2.28. The average Bonchev–Trinajstić information content (AvgIpc) is 3.37. The molecule has 1 aliphatic heterocycles. The van der Waals surface area contributed by atoms with Crippen molar-refractivity contribution in [3.63, 3.8) is 0 Å². The second-order valence-corrected chi connectivity index (χ2v) is 9.38. The summed E-state index contributed by atoms with van der Waals surface area (Å²) in [6, 6.07) is 16.5. The van der Waals surface area contributed by atoms with Gasteiger partial charge >= 0.3 is 0 Å². The normalized spacial score (nSPS) is 17.6. The van der Waals surface area contributed by atoms with Crippen molar-refractivity contribution in [2.24, 2.45) is 7.05 Å². The van der Waals surface area contributed by atoms with Gasteiger partial charge in [-0.15, -0.1) is 0 Å². The second kappa shape index (κ2) is 9.55. The summed E-state index contributed by atoms with van der Waals surface area (Å²) in [5, 5.41) is 0. The quantitative estimate of drug-likeness (QED) is 0.551. The summed E-state index contributed by atoms with van der Waals surface area (Å²) < 4.78 is 7.63. The van der Waals surface area contributed by atoms with Crippen LogP contribution in [0.3, 0.4) is 0 Å². The van der Waals surface area contributed by atoms with Crippen LogP contribution in [-0.2, 0) is 18.3 Å². The van der Waals surface area contributed by atoms with E-state index in [1.165, 1.54) is 0 Å². The van der Waals surface area contributed by atoms with E-state index in [2.05, 4.69) is 53.5 Å². The smallest absolute Gasteiger partial charge is 0.254 e. The van der Waals surface area contributed by atoms with Gasteiger partial charge in [0.2, 0.25) is 5.91 Å². The minimum Gasteiger partial charge on any atom is -0.492 e. The highest BCUT2D eigenvalue weighted by atomic mass is 16.5. The van der Waals surface area contributed by atoms with E-state index in [0.29, 0.717) is 13.0 Å². The van der Waals surface area contributed by atoms with Crippen molar-refractivity contribution in [2.75, 3.05) is 33.3 Å². The van der Waals surface area contributed by atoms with Gasteiger partial charge in [-0.3, -0.25) is 14.5 Å². The number of carbonyl (C=O) groups is 1. The molecule has 0 radical (unpaired) electrons. The molecule has 180 valence electrons. The third kappa shape index (κ3) is 4.54. The Morgan fingerprint density at radius 3 is 2.29 bits per heavy atom. The Kier molecular flexibility index (Phi) is 6.31. The van der Waals surface area contributed by atoms with Gasteiger partial charge in [-0.25, -0.2) is 0 Å². The maximum Gasteiger partial charge on any atom is 0.254 e. The van der Waals surface area contributed by atoms with Crippen molar-refractivity contribution in [3.05, 3.63) is 82.3 Å². The number of fused-ring (bicyclic) bond motifs is 1. The molecule has 1 atom stereocenters. The number of amides is 1. The predicted molar refractivity (Wildman–Crippen MR) is 139 cm³/mol. The maximum absolute atomic E-state index is 12.4. The number of nitrogens with zero attached hydrogens (tertiary/aromatic N) is 3. The van der Waals surface area contributed by atoms with Gasteiger partial charge in [0.05, 0.1) is 6.04 Å². The number of benzene rings is 2. The Balaban J connectivity index is 1.23. The summed E-state index contributed by atoms with van der Waals surface area (Å²) in [6.45, 7) is 4.88. The Bertz CT molecular complexity index is 1320. The van der Waals surface area contributed by atoms with Crippen molar-refractivity contribution in [3.8, 4) is 28.0 Å². The van der Waals surface area contributed by atoms with Gasteiger partial charge in [-0.1, -0.05) is 48.6 Å². The fraction of sp³-hybridized carbons (Fsp3) is 0.310. The molecule has 2 aliphatic rings. The van der Waals surface area contributed by atoms with Gasteiger partial charge in [0.15, 0.2) is 0 Å². The van der Waals surface area contributed by atoms with E-state index in [0.717, 1.165) is 58.8 Å². The monoisotopic (exact) mass is 469 g/mol. The fourth-order valence-corrected chi connectivity index (χ4v) is 4.95. The zero-order valence-electron chi connectivity index (χ0n) is 20.5. The number of rotatable bonds is 6. The lowest BCUT2D eigenvalue weighted by Crippen LogP contribution is -2.55. The zero-order valence-corrected chi connectivity index (χ0v) is 20.5. The molecule has 5 rings (SSSR count). The lowest BCUT2D eigenvalue weighted by molar-refractivity contribution is -0.139. The van der Waals surface area contributed by atoms with E-state index in [-0.39, 0.29) is 17.5 Å². The highest BCUT2D eigenvalue weighted by molar-refractivity contribution is 5.82. The summed E-state index contributed by atoms with van der Waals surface area (Å²) in [4.78, 5) is 28.5. The fourth-order valence-electron chi connectivity index (χ4n) is 4.95. The molecule has 1 saturated heterocycles. The van der Waals surface area contributed by atoms with Gasteiger partial charge in [0.1, 0.15) is 12.4 Å². The largest absolute Gasteiger partial charge is 0.492 e. The number of hydrogen-bond donors (Lipinski definition) is 0. The number of carbonyl (C=O) groups excluding carboxylic acids is 1. The SMILES string of the molecule is C[C@@H]1C(=O)N(C)CCN1CCOc1ccc(-c2ccc(-c3cn(C)c(=O)c4c3C=CC4)cc2)cc1. The number of pyridine rings is 1. The first-order valence-electron chi connectivity index (χ1n) is 12.1. The number of aryl methyl sites for hydroxylation is 1. The van der Waals surface area contributed by atoms with Crippen molar-refractivity contribution in [1.82, 2.24) is 14.4 Å². The molecule has 6 heteroatoms. The maximum atomic E-state index is 12.4. The highest BCUT2D eigenvalue weighted by Crippen LogP contribution is 2.31. The van der Waals surface area contributed by atoms with Crippen molar-refractivity contribution < 1.29 is 9.53 Å². The first kappa shape index (κ1) is 23.1. The van der Waals surface area contributed by atoms with Crippen LogP contribution in [0.2, 0.25) is 0 Å². The molecule has 0 bridgehead atoms. The summed E-state index contributed by atoms with van der Waals surface area (Å²) in [7, 11) is 3.67. The second-order valence-electron chi connectivity index (χ2n) is 9.38. The first-order chi connectivity index (χ1) is 16.9. The van der Waals surface area contributed by atoms with Crippen LogP contribution in [0, 0.1) is 0 Å². The third-order valence-electron chi connectivity index (χ3n) is 7.16. The van der Waals surface area contributed by atoms with Gasteiger partial charge in [0.25, 0.3) is 5.56 Å². The van der Waals surface area contributed by atoms with Crippen LogP contribution in [0.15, 0.2) is 65.6 Å². The van der Waals surface area contributed by atoms with Gasteiger partial charge < -0.3 is 14.2 Å². The number of allylic oxidation sites excluding steroid dienone is 1. The molecule has 35 heavy (non-hydrogen) atoms. The molecule has 2 aromatic carbocycles. The van der Waals surface area contributed by atoms with Crippen molar-refractivity contribution >= 4 is 12.0 Å². The molecule has 1 aromatic heterocycles. The topological polar surface area (TPSA) is 54.8 Å². The lowest BCUT2D eigenvalue weighted by atomic mass is 9.97. The molecule has 1 aliphatic carbocycles. The Hall–Kier alpha value is -3.64. The summed E-state index contributed by atoms with van der Waals surface area (Å²) in [5.74, 6) is 0.995.